The van der Waals surface area contributed by atoms with Gasteiger partial charge in [-0.3, -0.25) is 10.1 Å². The first-order valence-electron chi connectivity index (χ1n) is 11.3. The number of ether oxygens (including phenoxy) is 1. The van der Waals surface area contributed by atoms with E-state index < -0.39 is 10.9 Å². The zero-order chi connectivity index (χ0) is 25.1. The molecule has 1 aromatic heterocycles. The Morgan fingerprint density at radius 3 is 2.25 bits per heavy atom. The molecule has 0 aliphatic carbocycles. The highest BCUT2D eigenvalue weighted by Gasteiger charge is 2.24. The van der Waals surface area contributed by atoms with Gasteiger partial charge in [0.05, 0.1) is 27.6 Å². The van der Waals surface area contributed by atoms with Crippen molar-refractivity contribution < 1.29 is 14.5 Å². The van der Waals surface area contributed by atoms with Gasteiger partial charge in [0.25, 0.3) is 5.69 Å². The van der Waals surface area contributed by atoms with Crippen LogP contribution in [0.15, 0.2) is 109 Å². The van der Waals surface area contributed by atoms with E-state index in [4.69, 9.17) is 9.84 Å². The summed E-state index contributed by atoms with van der Waals surface area (Å²) in [6.07, 6.45) is 0. The first kappa shape index (κ1) is 22.7. The molecule has 176 valence electrons. The number of hydrogen-bond donors (Lipinski definition) is 0. The highest BCUT2D eigenvalue weighted by Crippen LogP contribution is 2.41. The third kappa shape index (κ3) is 4.37. The van der Waals surface area contributed by atoms with Crippen molar-refractivity contribution in [3.05, 3.63) is 131 Å². The normalized spacial score (nSPS) is 10.7. The van der Waals surface area contributed by atoms with Crippen LogP contribution in [-0.4, -0.2) is 20.7 Å². The number of carbonyl (C=O) groups excluding carboxylic acids is 1. The molecule has 0 bridgehead atoms. The van der Waals surface area contributed by atoms with Gasteiger partial charge >= 0.3 is 5.97 Å². The molecule has 7 heteroatoms. The molecule has 0 aliphatic rings. The lowest BCUT2D eigenvalue weighted by atomic mass is 9.97. The van der Waals surface area contributed by atoms with Gasteiger partial charge in [-0.2, -0.15) is 5.10 Å². The van der Waals surface area contributed by atoms with Gasteiger partial charge in [-0.05, 0) is 37.3 Å². The van der Waals surface area contributed by atoms with E-state index in [1.165, 1.54) is 12.1 Å². The average Bonchev–Trinajstić information content (AvgIpc) is 3.27. The minimum Gasteiger partial charge on any atom is -0.422 e. The maximum Gasteiger partial charge on any atom is 0.343 e. The van der Waals surface area contributed by atoms with Gasteiger partial charge in [0.15, 0.2) is 0 Å². The number of carbonyl (C=O) groups is 1. The van der Waals surface area contributed by atoms with Crippen LogP contribution in [0.4, 0.5) is 5.69 Å². The predicted molar refractivity (Wildman–Crippen MR) is 137 cm³/mol. The van der Waals surface area contributed by atoms with Crippen molar-refractivity contribution >= 4 is 11.7 Å². The van der Waals surface area contributed by atoms with Gasteiger partial charge in [-0.25, -0.2) is 9.48 Å². The van der Waals surface area contributed by atoms with E-state index in [1.807, 2.05) is 61.5 Å². The smallest absolute Gasteiger partial charge is 0.343 e. The monoisotopic (exact) mass is 475 g/mol. The van der Waals surface area contributed by atoms with Crippen LogP contribution in [0.25, 0.3) is 28.1 Å². The molecule has 0 aliphatic heterocycles. The second-order valence-corrected chi connectivity index (χ2v) is 8.12. The summed E-state index contributed by atoms with van der Waals surface area (Å²) in [5, 5.41) is 16.3. The molecule has 0 fully saturated rings. The van der Waals surface area contributed by atoms with E-state index in [0.717, 1.165) is 11.3 Å². The molecule has 7 nitrogen and oxygen atoms in total. The standard InChI is InChI=1S/C29H21N3O4/c1-20-27(25-17-8-9-18-26(25)36-29(33)21-11-4-2-5-12-21)28(22-13-10-16-24(19-22)32(34)35)31(30-20)23-14-6-3-7-15-23/h2-19H,1H3. The lowest BCUT2D eigenvalue weighted by molar-refractivity contribution is -0.384. The number of aryl methyl sites for hydroxylation is 1. The molecular weight excluding hydrogens is 454 g/mol. The Balaban J connectivity index is 1.71. The summed E-state index contributed by atoms with van der Waals surface area (Å²) < 4.78 is 7.59. The van der Waals surface area contributed by atoms with Crippen molar-refractivity contribution in [1.82, 2.24) is 9.78 Å². The second kappa shape index (κ2) is 9.68. The largest absolute Gasteiger partial charge is 0.422 e. The maximum atomic E-state index is 12.9. The third-order valence-electron chi connectivity index (χ3n) is 5.76. The quantitative estimate of drug-likeness (QED) is 0.119. The van der Waals surface area contributed by atoms with Crippen LogP contribution >= 0.6 is 0 Å². The van der Waals surface area contributed by atoms with Crippen LogP contribution in [0.3, 0.4) is 0 Å². The molecule has 0 amide bonds. The summed E-state index contributed by atoms with van der Waals surface area (Å²) in [6, 6.07) is 32.0. The molecule has 0 spiro atoms. The molecule has 1 heterocycles. The van der Waals surface area contributed by atoms with Crippen LogP contribution in [0.1, 0.15) is 16.1 Å². The summed E-state index contributed by atoms with van der Waals surface area (Å²) in [7, 11) is 0. The number of hydrogen-bond acceptors (Lipinski definition) is 5. The number of nitrogens with zero attached hydrogens (tertiary/aromatic N) is 3. The fourth-order valence-corrected chi connectivity index (χ4v) is 4.13. The number of aromatic nitrogens is 2. The molecule has 0 N–H and O–H groups in total. The number of esters is 1. The van der Waals surface area contributed by atoms with E-state index in [-0.39, 0.29) is 5.69 Å². The van der Waals surface area contributed by atoms with E-state index in [2.05, 4.69) is 0 Å². The van der Waals surface area contributed by atoms with Gasteiger partial charge in [0.2, 0.25) is 0 Å². The first-order valence-corrected chi connectivity index (χ1v) is 11.3. The van der Waals surface area contributed by atoms with Gasteiger partial charge in [-0.15, -0.1) is 0 Å². The van der Waals surface area contributed by atoms with Crippen molar-refractivity contribution in [2.24, 2.45) is 0 Å². The minimum absolute atomic E-state index is 0.0271. The molecule has 0 atom stereocenters. The Morgan fingerprint density at radius 1 is 0.861 bits per heavy atom. The van der Waals surface area contributed by atoms with Gasteiger partial charge in [0, 0.05) is 28.8 Å². The molecule has 0 unspecified atom stereocenters. The molecule has 4 aromatic carbocycles. The number of nitro benzene ring substituents is 1. The summed E-state index contributed by atoms with van der Waals surface area (Å²) in [5.74, 6) is -0.109. The predicted octanol–water partition coefficient (Wildman–Crippen LogP) is 6.64. The molecule has 5 rings (SSSR count). The Kier molecular flexibility index (Phi) is 6.11. The maximum absolute atomic E-state index is 12.9. The zero-order valence-electron chi connectivity index (χ0n) is 19.4. The molecule has 0 saturated heterocycles. The van der Waals surface area contributed by atoms with Crippen molar-refractivity contribution in [2.75, 3.05) is 0 Å². The molecule has 5 aromatic rings. The van der Waals surface area contributed by atoms with Gasteiger partial charge in [-0.1, -0.05) is 66.7 Å². The Labute approximate surface area is 207 Å². The minimum atomic E-state index is -0.479. The zero-order valence-corrected chi connectivity index (χ0v) is 19.4. The average molecular weight is 476 g/mol. The van der Waals surface area contributed by atoms with Crippen molar-refractivity contribution in [2.45, 2.75) is 6.92 Å². The molecule has 0 saturated carbocycles. The first-order chi connectivity index (χ1) is 17.5. The fourth-order valence-electron chi connectivity index (χ4n) is 4.13. The number of non-ortho nitro benzene ring substituents is 1. The second-order valence-electron chi connectivity index (χ2n) is 8.12. The number of benzene rings is 4. The van der Waals surface area contributed by atoms with Crippen LogP contribution < -0.4 is 4.74 Å². The fraction of sp³-hybridized carbons (Fsp3) is 0.0345. The highest BCUT2D eigenvalue weighted by atomic mass is 16.6. The number of rotatable bonds is 6. The molecule has 0 radical (unpaired) electrons. The van der Waals surface area contributed by atoms with E-state index in [1.54, 1.807) is 47.1 Å². The van der Waals surface area contributed by atoms with Crippen LogP contribution in [0.5, 0.6) is 5.75 Å². The van der Waals surface area contributed by atoms with Crippen LogP contribution in [-0.2, 0) is 0 Å². The van der Waals surface area contributed by atoms with E-state index in [0.29, 0.717) is 33.8 Å². The lowest BCUT2D eigenvalue weighted by Crippen LogP contribution is -2.09. The third-order valence-corrected chi connectivity index (χ3v) is 5.76. The molecular formula is C29H21N3O4. The van der Waals surface area contributed by atoms with Gasteiger partial charge in [0.1, 0.15) is 5.75 Å². The molecule has 36 heavy (non-hydrogen) atoms. The summed E-state index contributed by atoms with van der Waals surface area (Å²) in [6.45, 7) is 1.87. The van der Waals surface area contributed by atoms with Crippen molar-refractivity contribution in [3.8, 4) is 33.8 Å². The van der Waals surface area contributed by atoms with Crippen molar-refractivity contribution in [3.63, 3.8) is 0 Å². The van der Waals surface area contributed by atoms with Gasteiger partial charge < -0.3 is 4.74 Å². The van der Waals surface area contributed by atoms with Crippen LogP contribution in [0, 0.1) is 17.0 Å². The van der Waals surface area contributed by atoms with Crippen LogP contribution in [0.2, 0.25) is 0 Å². The van der Waals surface area contributed by atoms with E-state index >= 15 is 0 Å². The highest BCUT2D eigenvalue weighted by molar-refractivity contribution is 5.93. The SMILES string of the molecule is Cc1nn(-c2ccccc2)c(-c2cccc([N+](=O)[O-])c2)c1-c1ccccc1OC(=O)c1ccccc1. The number of nitro groups is 1. The summed E-state index contributed by atoms with van der Waals surface area (Å²) in [5.41, 5.74) is 4.54. The topological polar surface area (TPSA) is 87.3 Å². The number of para-hydroxylation sites is 2. The lowest BCUT2D eigenvalue weighted by Gasteiger charge is -2.13. The summed E-state index contributed by atoms with van der Waals surface area (Å²) >= 11 is 0. The van der Waals surface area contributed by atoms with Crippen molar-refractivity contribution in [1.29, 1.82) is 0 Å². The Hall–Kier alpha value is -5.04. The van der Waals surface area contributed by atoms with E-state index in [9.17, 15) is 14.9 Å². The summed E-state index contributed by atoms with van der Waals surface area (Å²) in [4.78, 5) is 24.0. The Morgan fingerprint density at radius 2 is 1.53 bits per heavy atom. The Bertz CT molecular complexity index is 1560.